The van der Waals surface area contributed by atoms with E-state index in [1.807, 2.05) is 0 Å². The Labute approximate surface area is 282 Å². The lowest BCUT2D eigenvalue weighted by atomic mass is 9.83. The molecule has 0 bridgehead atoms. The molecule has 0 aromatic heterocycles. The molecule has 11 atom stereocenters. The van der Waals surface area contributed by atoms with Gasteiger partial charge in [-0.25, -0.2) is 0 Å². The van der Waals surface area contributed by atoms with Gasteiger partial charge in [-0.1, -0.05) is 47.9 Å². The number of hydrogen-bond acceptors (Lipinski definition) is 12. The first-order valence-electron chi connectivity index (χ1n) is 15.8. The van der Waals surface area contributed by atoms with Crippen LogP contribution in [0.1, 0.15) is 34.2 Å². The molecule has 6 rings (SSSR count). The second-order valence-corrected chi connectivity index (χ2v) is 12.3. The maximum atomic E-state index is 12.7. The maximum Gasteiger partial charge on any atom is 0.147 e. The highest BCUT2D eigenvalue weighted by molar-refractivity contribution is 5.83. The van der Waals surface area contributed by atoms with Crippen molar-refractivity contribution in [2.75, 3.05) is 20.3 Å². The fourth-order valence-electron chi connectivity index (χ4n) is 6.58. The molecule has 2 fully saturated rings. The zero-order valence-corrected chi connectivity index (χ0v) is 26.4. The Bertz CT molecular complexity index is 1800. The van der Waals surface area contributed by atoms with E-state index in [1.165, 1.54) is 7.11 Å². The third kappa shape index (κ3) is 6.35. The normalized spacial score (nSPS) is 33.3. The number of benzene rings is 3. The third-order valence-corrected chi connectivity index (χ3v) is 9.33. The van der Waals surface area contributed by atoms with E-state index in [-0.39, 0.29) is 13.0 Å². The lowest BCUT2D eigenvalue weighted by Crippen LogP contribution is -2.58. The van der Waals surface area contributed by atoms with E-state index in [0.717, 1.165) is 5.56 Å². The molecule has 49 heavy (non-hydrogen) atoms. The van der Waals surface area contributed by atoms with Crippen LogP contribution in [0, 0.1) is 23.7 Å². The second-order valence-electron chi connectivity index (χ2n) is 12.3. The second kappa shape index (κ2) is 14.2. The van der Waals surface area contributed by atoms with Crippen LogP contribution in [0.5, 0.6) is 5.75 Å². The molecule has 12 nitrogen and oxygen atoms in total. The predicted octanol–water partition coefficient (Wildman–Crippen LogP) is -1.26. The number of hydrogen-bond donors (Lipinski definition) is 9. The molecule has 1 unspecified atom stereocenters. The molecule has 0 saturated carbocycles. The van der Waals surface area contributed by atoms with Crippen LogP contribution in [-0.2, 0) is 15.1 Å². The molecule has 2 saturated heterocycles. The van der Waals surface area contributed by atoms with Crippen LogP contribution >= 0.6 is 0 Å². The average molecular weight is 675 g/mol. The van der Waals surface area contributed by atoms with Crippen LogP contribution in [0.2, 0.25) is 0 Å². The lowest BCUT2D eigenvalue weighted by molar-refractivity contribution is -0.214. The Kier molecular flexibility index (Phi) is 10.1. The van der Waals surface area contributed by atoms with Gasteiger partial charge >= 0.3 is 0 Å². The Balaban J connectivity index is 1.38. The van der Waals surface area contributed by atoms with Gasteiger partial charge in [-0.2, -0.15) is 0 Å². The van der Waals surface area contributed by atoms with Gasteiger partial charge < -0.3 is 60.2 Å². The van der Waals surface area contributed by atoms with Crippen molar-refractivity contribution in [1.82, 2.24) is 0 Å². The molecule has 0 spiro atoms. The average Bonchev–Trinajstić information content (AvgIpc) is 3.37. The van der Waals surface area contributed by atoms with Gasteiger partial charge in [0.2, 0.25) is 0 Å². The maximum absolute atomic E-state index is 12.7. The van der Waals surface area contributed by atoms with E-state index in [2.05, 4.69) is 23.7 Å². The van der Waals surface area contributed by atoms with Gasteiger partial charge in [0.1, 0.15) is 66.3 Å². The highest BCUT2D eigenvalue weighted by Gasteiger charge is 2.45. The van der Waals surface area contributed by atoms with Gasteiger partial charge in [0.15, 0.2) is 0 Å². The number of aliphatic hydroxyl groups excluding tert-OH is 8. The first kappa shape index (κ1) is 35.0. The largest absolute Gasteiger partial charge is 0.497 e. The lowest BCUT2D eigenvalue weighted by Gasteiger charge is -2.38. The molecule has 258 valence electrons. The minimum Gasteiger partial charge on any atom is -0.497 e. The van der Waals surface area contributed by atoms with Crippen LogP contribution in [0.25, 0.3) is 11.1 Å². The highest BCUT2D eigenvalue weighted by Crippen LogP contribution is 2.51. The molecule has 2 heterocycles. The zero-order chi connectivity index (χ0) is 35.0. The molecule has 3 aromatic carbocycles. The van der Waals surface area contributed by atoms with E-state index in [9.17, 15) is 46.0 Å². The highest BCUT2D eigenvalue weighted by atomic mass is 16.5. The van der Waals surface area contributed by atoms with Crippen molar-refractivity contribution >= 4 is 0 Å². The monoisotopic (exact) mass is 674 g/mol. The minimum absolute atomic E-state index is 0.0443. The van der Waals surface area contributed by atoms with Crippen LogP contribution in [-0.4, -0.2) is 127 Å². The summed E-state index contributed by atoms with van der Waals surface area (Å²) in [6.45, 7) is -0.871. The molecule has 3 aromatic rings. The van der Waals surface area contributed by atoms with E-state index in [0.29, 0.717) is 39.1 Å². The summed E-state index contributed by atoms with van der Waals surface area (Å²) >= 11 is 0. The van der Waals surface area contributed by atoms with E-state index < -0.39 is 73.2 Å². The molecule has 0 amide bonds. The van der Waals surface area contributed by atoms with Gasteiger partial charge in [0, 0.05) is 28.9 Å². The molecule has 1 aliphatic carbocycles. The fraction of sp³-hybridized carbons (Fsp3) is 0.405. The summed E-state index contributed by atoms with van der Waals surface area (Å²) in [4.78, 5) is 0. The van der Waals surface area contributed by atoms with Crippen LogP contribution < -0.4 is 4.74 Å². The van der Waals surface area contributed by atoms with Crippen LogP contribution in [0.15, 0.2) is 60.7 Å². The van der Waals surface area contributed by atoms with Gasteiger partial charge in [0.05, 0.1) is 19.8 Å². The first-order chi connectivity index (χ1) is 23.5. The smallest absolute Gasteiger partial charge is 0.147 e. The SMILES string of the molecule is COc1cccc(C2(O)c3cc(C#C[C@H]4O[C@H](CO)[C@@H](O)[C@H](O)[C@@H]4O)ccc3-c3ccc(C#C[C@H]4O[C@H](CCO)[C@@H](O)[C@H](O)[C@@H]4O)cc32)c1. The van der Waals surface area contributed by atoms with E-state index in [1.54, 1.807) is 60.7 Å². The molecule has 3 aliphatic rings. The summed E-state index contributed by atoms with van der Waals surface area (Å²) in [6.07, 6.45) is -13.3. The quantitative estimate of drug-likeness (QED) is 0.145. The first-order valence-corrected chi connectivity index (χ1v) is 15.8. The van der Waals surface area contributed by atoms with Crippen molar-refractivity contribution in [3.63, 3.8) is 0 Å². The number of fused-ring (bicyclic) bond motifs is 3. The summed E-state index contributed by atoms with van der Waals surface area (Å²) in [5, 5.41) is 93.3. The topological polar surface area (TPSA) is 210 Å². The molecule has 0 radical (unpaired) electrons. The molecule has 9 N–H and O–H groups in total. The summed E-state index contributed by atoms with van der Waals surface area (Å²) < 4.78 is 16.7. The summed E-state index contributed by atoms with van der Waals surface area (Å²) in [5.41, 5.74) is 2.12. The summed E-state index contributed by atoms with van der Waals surface area (Å²) in [5.74, 6) is 12.0. The third-order valence-electron chi connectivity index (χ3n) is 9.33. The predicted molar refractivity (Wildman–Crippen MR) is 173 cm³/mol. The van der Waals surface area contributed by atoms with Crippen molar-refractivity contribution < 1.29 is 60.2 Å². The number of aliphatic hydroxyl groups is 9. The van der Waals surface area contributed by atoms with Gasteiger partial charge in [-0.3, -0.25) is 0 Å². The molecule has 2 aliphatic heterocycles. The van der Waals surface area contributed by atoms with Crippen molar-refractivity contribution in [1.29, 1.82) is 0 Å². The van der Waals surface area contributed by atoms with Gasteiger partial charge in [-0.15, -0.1) is 0 Å². The molecular formula is C37H38O12. The molecular weight excluding hydrogens is 636 g/mol. The van der Waals surface area contributed by atoms with E-state index >= 15 is 0 Å². The number of ether oxygens (including phenoxy) is 3. The summed E-state index contributed by atoms with van der Waals surface area (Å²) in [7, 11) is 1.52. The van der Waals surface area contributed by atoms with Crippen LogP contribution in [0.3, 0.4) is 0 Å². The van der Waals surface area contributed by atoms with Gasteiger partial charge in [0.25, 0.3) is 0 Å². The zero-order valence-electron chi connectivity index (χ0n) is 26.4. The Morgan fingerprint density at radius 3 is 1.71 bits per heavy atom. The number of rotatable bonds is 5. The van der Waals surface area contributed by atoms with Crippen molar-refractivity contribution in [2.24, 2.45) is 0 Å². The fourth-order valence-corrected chi connectivity index (χ4v) is 6.58. The van der Waals surface area contributed by atoms with Crippen molar-refractivity contribution in [3.05, 3.63) is 88.5 Å². The van der Waals surface area contributed by atoms with E-state index in [4.69, 9.17) is 14.2 Å². The Morgan fingerprint density at radius 1 is 0.673 bits per heavy atom. The van der Waals surface area contributed by atoms with Crippen LogP contribution in [0.4, 0.5) is 0 Å². The van der Waals surface area contributed by atoms with Gasteiger partial charge in [-0.05, 0) is 59.5 Å². The standard InChI is InChI=1S/C37H38O12/c1-47-22-4-2-3-21(17-22)37(46)25-15-19(7-11-27-31(40)35(44)33(42)29(48-27)13-14-38)5-9-23(25)24-10-6-20(16-26(24)37)8-12-28-32(41)36(45)34(43)30(18-39)49-28/h2-6,9-10,15-17,27-36,38-46H,13-14,18H2,1H3/t27-,28-,29-,30-,31-,32-,33-,34-,35-,36-,37?/m1/s1. The Hall–Kier alpha value is -3.86. The molecule has 12 heteroatoms. The van der Waals surface area contributed by atoms with Crippen molar-refractivity contribution in [3.8, 4) is 40.6 Å². The minimum atomic E-state index is -1.72. The summed E-state index contributed by atoms with van der Waals surface area (Å²) in [6, 6.07) is 17.5. The Morgan fingerprint density at radius 2 is 1.20 bits per heavy atom. The van der Waals surface area contributed by atoms with Crippen molar-refractivity contribution in [2.45, 2.75) is 73.1 Å². The number of methoxy groups -OCH3 is 1.